The number of sulfonamides is 1. The summed E-state index contributed by atoms with van der Waals surface area (Å²) in [6, 6.07) is 5.19. The first kappa shape index (κ1) is 17.7. The summed E-state index contributed by atoms with van der Waals surface area (Å²) in [6.45, 7) is 4.43. The average molecular weight is 341 g/mol. The molecule has 1 N–H and O–H groups in total. The molecule has 1 aromatic carbocycles. The lowest BCUT2D eigenvalue weighted by atomic mass is 9.99. The van der Waals surface area contributed by atoms with Crippen LogP contribution in [0.4, 0.5) is 0 Å². The number of carbonyl (C=O) groups is 1. The first-order chi connectivity index (χ1) is 10.8. The van der Waals surface area contributed by atoms with Crippen molar-refractivity contribution >= 4 is 16.0 Å². The van der Waals surface area contributed by atoms with Gasteiger partial charge in [0.1, 0.15) is 10.6 Å². The van der Waals surface area contributed by atoms with Crippen LogP contribution in [0.5, 0.6) is 5.75 Å². The van der Waals surface area contributed by atoms with E-state index in [0.717, 1.165) is 5.56 Å². The molecule has 0 aromatic heterocycles. The molecule has 23 heavy (non-hydrogen) atoms. The summed E-state index contributed by atoms with van der Waals surface area (Å²) in [5, 5.41) is 9.04. The third kappa shape index (κ3) is 3.67. The Labute approximate surface area is 137 Å². The molecule has 0 saturated carbocycles. The molecule has 0 bridgehead atoms. The molecule has 128 valence electrons. The van der Waals surface area contributed by atoms with E-state index < -0.39 is 21.9 Å². The van der Waals surface area contributed by atoms with E-state index in [0.29, 0.717) is 18.6 Å². The second-order valence-corrected chi connectivity index (χ2v) is 7.99. The third-order valence-electron chi connectivity index (χ3n) is 4.28. The molecule has 6 nitrogen and oxygen atoms in total. The molecule has 1 aromatic rings. The van der Waals surface area contributed by atoms with E-state index in [4.69, 9.17) is 9.84 Å². The number of hydrogen-bond acceptors (Lipinski definition) is 4. The number of hydrogen-bond donors (Lipinski definition) is 1. The van der Waals surface area contributed by atoms with Gasteiger partial charge in [-0.25, -0.2) is 8.42 Å². The lowest BCUT2D eigenvalue weighted by Gasteiger charge is -2.29. The van der Waals surface area contributed by atoms with Gasteiger partial charge in [0.2, 0.25) is 10.0 Å². The number of nitrogens with zero attached hydrogens (tertiary/aromatic N) is 1. The van der Waals surface area contributed by atoms with Crippen LogP contribution in [0.2, 0.25) is 0 Å². The zero-order valence-corrected chi connectivity index (χ0v) is 14.5. The number of ether oxygens (including phenoxy) is 1. The number of methoxy groups -OCH3 is 1. The van der Waals surface area contributed by atoms with Crippen molar-refractivity contribution in [3.8, 4) is 5.75 Å². The zero-order chi connectivity index (χ0) is 17.2. The monoisotopic (exact) mass is 341 g/mol. The standard InChI is InChI=1S/C16H23NO5S/c1-11(2)13-4-5-14(22-3)15(10-13)23(20,21)17-8-6-12(7-9-17)16(18)19/h4-5,10-12H,6-9H2,1-3H3,(H,18,19). The van der Waals surface area contributed by atoms with Gasteiger partial charge in [0, 0.05) is 13.1 Å². The van der Waals surface area contributed by atoms with Crippen LogP contribution in [-0.4, -0.2) is 44.0 Å². The predicted molar refractivity (Wildman–Crippen MR) is 86.2 cm³/mol. The molecule has 0 unspecified atom stereocenters. The summed E-state index contributed by atoms with van der Waals surface area (Å²) in [5.74, 6) is -0.811. The molecule has 1 saturated heterocycles. The molecule has 1 aliphatic rings. The van der Waals surface area contributed by atoms with Crippen molar-refractivity contribution < 1.29 is 23.1 Å². The number of benzene rings is 1. The van der Waals surface area contributed by atoms with Crippen molar-refractivity contribution in [3.05, 3.63) is 23.8 Å². The molecule has 0 radical (unpaired) electrons. The van der Waals surface area contributed by atoms with Crippen molar-refractivity contribution in [1.29, 1.82) is 0 Å². The Morgan fingerprint density at radius 2 is 1.91 bits per heavy atom. The van der Waals surface area contributed by atoms with Gasteiger partial charge >= 0.3 is 5.97 Å². The van der Waals surface area contributed by atoms with Crippen LogP contribution in [-0.2, 0) is 14.8 Å². The maximum Gasteiger partial charge on any atom is 0.306 e. The van der Waals surface area contributed by atoms with Crippen LogP contribution in [0.15, 0.2) is 23.1 Å². The fourth-order valence-corrected chi connectivity index (χ4v) is 4.40. The maximum absolute atomic E-state index is 12.9. The number of piperidine rings is 1. The van der Waals surface area contributed by atoms with Gasteiger partial charge in [0.15, 0.2) is 0 Å². The van der Waals surface area contributed by atoms with Crippen LogP contribution in [0.1, 0.15) is 38.2 Å². The van der Waals surface area contributed by atoms with Gasteiger partial charge in [0.05, 0.1) is 13.0 Å². The highest BCUT2D eigenvalue weighted by Crippen LogP contribution is 2.32. The lowest BCUT2D eigenvalue weighted by molar-refractivity contribution is -0.142. The van der Waals surface area contributed by atoms with Crippen LogP contribution in [0, 0.1) is 5.92 Å². The highest BCUT2D eigenvalue weighted by Gasteiger charge is 2.33. The van der Waals surface area contributed by atoms with E-state index in [-0.39, 0.29) is 23.9 Å². The lowest BCUT2D eigenvalue weighted by Crippen LogP contribution is -2.40. The van der Waals surface area contributed by atoms with Gasteiger partial charge in [0.25, 0.3) is 0 Å². The number of rotatable bonds is 5. The normalized spacial score (nSPS) is 17.4. The molecule has 0 amide bonds. The van der Waals surface area contributed by atoms with E-state index >= 15 is 0 Å². The van der Waals surface area contributed by atoms with Crippen LogP contribution < -0.4 is 4.74 Å². The largest absolute Gasteiger partial charge is 0.495 e. The second-order valence-electron chi connectivity index (χ2n) is 6.08. The van der Waals surface area contributed by atoms with E-state index in [1.54, 1.807) is 12.1 Å². The first-order valence-corrected chi connectivity index (χ1v) is 9.12. The predicted octanol–water partition coefficient (Wildman–Crippen LogP) is 2.30. The summed E-state index contributed by atoms with van der Waals surface area (Å²) in [6.07, 6.45) is 0.668. The highest BCUT2D eigenvalue weighted by molar-refractivity contribution is 7.89. The molecular formula is C16H23NO5S. The summed E-state index contributed by atoms with van der Waals surface area (Å²) in [4.78, 5) is 11.2. The van der Waals surface area contributed by atoms with Crippen LogP contribution in [0.3, 0.4) is 0 Å². The van der Waals surface area contributed by atoms with Crippen molar-refractivity contribution in [2.75, 3.05) is 20.2 Å². The van der Waals surface area contributed by atoms with Gasteiger partial charge in [-0.1, -0.05) is 19.9 Å². The summed E-state index contributed by atoms with van der Waals surface area (Å²) >= 11 is 0. The molecular weight excluding hydrogens is 318 g/mol. The average Bonchev–Trinajstić information content (AvgIpc) is 2.54. The molecule has 7 heteroatoms. The minimum Gasteiger partial charge on any atom is -0.495 e. The quantitative estimate of drug-likeness (QED) is 0.888. The van der Waals surface area contributed by atoms with Crippen molar-refractivity contribution in [3.63, 3.8) is 0 Å². The van der Waals surface area contributed by atoms with Crippen LogP contribution in [0.25, 0.3) is 0 Å². The zero-order valence-electron chi connectivity index (χ0n) is 13.7. The molecule has 1 aliphatic heterocycles. The van der Waals surface area contributed by atoms with Crippen molar-refractivity contribution in [2.24, 2.45) is 5.92 Å². The topological polar surface area (TPSA) is 83.9 Å². The fraction of sp³-hybridized carbons (Fsp3) is 0.562. The molecule has 0 atom stereocenters. The van der Waals surface area contributed by atoms with Gasteiger partial charge in [-0.05, 0) is 36.5 Å². The van der Waals surface area contributed by atoms with Gasteiger partial charge < -0.3 is 9.84 Å². The fourth-order valence-electron chi connectivity index (χ4n) is 2.74. The smallest absolute Gasteiger partial charge is 0.306 e. The number of carboxylic acid groups (broad SMARTS) is 1. The van der Waals surface area contributed by atoms with Gasteiger partial charge in [-0.2, -0.15) is 4.31 Å². The van der Waals surface area contributed by atoms with Gasteiger partial charge in [-0.15, -0.1) is 0 Å². The Bertz CT molecular complexity index is 676. The van der Waals surface area contributed by atoms with E-state index in [1.165, 1.54) is 11.4 Å². The second kappa shape index (κ2) is 6.88. The molecule has 1 heterocycles. The van der Waals surface area contributed by atoms with Crippen LogP contribution >= 0.6 is 0 Å². The van der Waals surface area contributed by atoms with Gasteiger partial charge in [-0.3, -0.25) is 4.79 Å². The van der Waals surface area contributed by atoms with E-state index in [2.05, 4.69) is 0 Å². The Kier molecular flexibility index (Phi) is 5.31. The van der Waals surface area contributed by atoms with Crippen molar-refractivity contribution in [1.82, 2.24) is 4.31 Å². The minimum absolute atomic E-state index is 0.153. The number of aliphatic carboxylic acids is 1. The number of carboxylic acids is 1. The first-order valence-electron chi connectivity index (χ1n) is 7.68. The minimum atomic E-state index is -3.69. The van der Waals surface area contributed by atoms with Crippen molar-refractivity contribution in [2.45, 2.75) is 37.5 Å². The van der Waals surface area contributed by atoms with E-state index in [9.17, 15) is 13.2 Å². The summed E-state index contributed by atoms with van der Waals surface area (Å²) in [7, 11) is -2.25. The highest BCUT2D eigenvalue weighted by atomic mass is 32.2. The Morgan fingerprint density at radius 3 is 2.39 bits per heavy atom. The summed E-state index contributed by atoms with van der Waals surface area (Å²) < 4.78 is 32.4. The molecule has 2 rings (SSSR count). The molecule has 1 fully saturated rings. The maximum atomic E-state index is 12.9. The van der Waals surface area contributed by atoms with E-state index in [1.807, 2.05) is 19.9 Å². The Hall–Kier alpha value is -1.60. The third-order valence-corrected chi connectivity index (χ3v) is 6.20. The summed E-state index contributed by atoms with van der Waals surface area (Å²) in [5.41, 5.74) is 0.921. The SMILES string of the molecule is COc1ccc(C(C)C)cc1S(=O)(=O)N1CCC(C(=O)O)CC1. The molecule has 0 spiro atoms. The Morgan fingerprint density at radius 1 is 1.30 bits per heavy atom. The molecule has 0 aliphatic carbocycles. The Balaban J connectivity index is 2.32.